The average Bonchev–Trinajstić information content (AvgIpc) is 2.39. The van der Waals surface area contributed by atoms with Crippen molar-refractivity contribution in [2.45, 2.75) is 6.61 Å². The number of halogens is 3. The molecule has 0 heterocycles. The van der Waals surface area contributed by atoms with Crippen molar-refractivity contribution in [2.75, 3.05) is 0 Å². The van der Waals surface area contributed by atoms with Crippen LogP contribution in [0.4, 0.5) is 4.39 Å². The van der Waals surface area contributed by atoms with Crippen molar-refractivity contribution in [1.82, 2.24) is 0 Å². The Balaban J connectivity index is 2.07. The molecule has 0 aliphatic rings. The number of esters is 1. The summed E-state index contributed by atoms with van der Waals surface area (Å²) < 4.78 is 18.4. The summed E-state index contributed by atoms with van der Waals surface area (Å²) in [5.41, 5.74) is 0.540. The standard InChI is InChI=1S/C14H9Cl2FO2/c15-10-3-1-2-9(6-10)8-19-14(18)12-7-11(16)4-5-13(12)17/h1-7H,8H2. The smallest absolute Gasteiger partial charge is 0.341 e. The van der Waals surface area contributed by atoms with Gasteiger partial charge in [0, 0.05) is 10.0 Å². The number of rotatable bonds is 3. The zero-order valence-electron chi connectivity index (χ0n) is 9.70. The van der Waals surface area contributed by atoms with Crippen molar-refractivity contribution in [3.05, 3.63) is 69.5 Å². The van der Waals surface area contributed by atoms with Crippen LogP contribution in [0.15, 0.2) is 42.5 Å². The van der Waals surface area contributed by atoms with Gasteiger partial charge in [-0.2, -0.15) is 0 Å². The molecule has 0 atom stereocenters. The zero-order valence-corrected chi connectivity index (χ0v) is 11.2. The molecule has 2 aromatic rings. The second-order valence-electron chi connectivity index (χ2n) is 3.83. The largest absolute Gasteiger partial charge is 0.457 e. The fourth-order valence-corrected chi connectivity index (χ4v) is 1.89. The summed E-state index contributed by atoms with van der Waals surface area (Å²) >= 11 is 11.5. The van der Waals surface area contributed by atoms with Crippen LogP contribution in [0.3, 0.4) is 0 Å². The third-order valence-corrected chi connectivity index (χ3v) is 2.88. The van der Waals surface area contributed by atoms with Crippen LogP contribution in [0.1, 0.15) is 15.9 Å². The van der Waals surface area contributed by atoms with Crippen LogP contribution in [0.25, 0.3) is 0 Å². The van der Waals surface area contributed by atoms with Crippen LogP contribution in [0.5, 0.6) is 0 Å². The Morgan fingerprint density at radius 2 is 1.84 bits per heavy atom. The molecule has 5 heteroatoms. The Kier molecular flexibility index (Phi) is 4.40. The summed E-state index contributed by atoms with van der Waals surface area (Å²) in [6.45, 7) is 0.0192. The van der Waals surface area contributed by atoms with Gasteiger partial charge >= 0.3 is 5.97 Å². The van der Waals surface area contributed by atoms with E-state index < -0.39 is 11.8 Å². The minimum atomic E-state index is -0.764. The van der Waals surface area contributed by atoms with Gasteiger partial charge in [-0.15, -0.1) is 0 Å². The van der Waals surface area contributed by atoms with Crippen LogP contribution in [0.2, 0.25) is 10.0 Å². The number of hydrogen-bond acceptors (Lipinski definition) is 2. The van der Waals surface area contributed by atoms with Gasteiger partial charge in [-0.25, -0.2) is 9.18 Å². The van der Waals surface area contributed by atoms with E-state index in [9.17, 15) is 9.18 Å². The van der Waals surface area contributed by atoms with E-state index in [0.29, 0.717) is 5.02 Å². The number of carbonyl (C=O) groups is 1. The fourth-order valence-electron chi connectivity index (χ4n) is 1.51. The lowest BCUT2D eigenvalue weighted by molar-refractivity contribution is 0.0467. The number of ether oxygens (including phenoxy) is 1. The molecular weight excluding hydrogens is 290 g/mol. The lowest BCUT2D eigenvalue weighted by Gasteiger charge is -2.06. The molecule has 98 valence electrons. The van der Waals surface area contributed by atoms with Crippen molar-refractivity contribution in [2.24, 2.45) is 0 Å². The first-order chi connectivity index (χ1) is 9.06. The van der Waals surface area contributed by atoms with Gasteiger partial charge < -0.3 is 4.74 Å². The third kappa shape index (κ3) is 3.69. The van der Waals surface area contributed by atoms with Crippen molar-refractivity contribution in [3.63, 3.8) is 0 Å². The van der Waals surface area contributed by atoms with Crippen LogP contribution in [0, 0.1) is 5.82 Å². The van der Waals surface area contributed by atoms with E-state index in [-0.39, 0.29) is 17.2 Å². The third-order valence-electron chi connectivity index (χ3n) is 2.41. The van der Waals surface area contributed by atoms with E-state index in [2.05, 4.69) is 0 Å². The summed E-state index contributed by atoms with van der Waals surface area (Å²) in [5, 5.41) is 0.818. The van der Waals surface area contributed by atoms with E-state index >= 15 is 0 Å². The van der Waals surface area contributed by atoms with Gasteiger partial charge in [-0.3, -0.25) is 0 Å². The first-order valence-corrected chi connectivity index (χ1v) is 6.18. The first kappa shape index (κ1) is 13.8. The van der Waals surface area contributed by atoms with E-state index in [4.69, 9.17) is 27.9 Å². The van der Waals surface area contributed by atoms with Crippen molar-refractivity contribution >= 4 is 29.2 Å². The number of hydrogen-bond donors (Lipinski definition) is 0. The molecule has 0 saturated heterocycles. The average molecular weight is 299 g/mol. The lowest BCUT2D eigenvalue weighted by atomic mass is 10.2. The van der Waals surface area contributed by atoms with Crippen molar-refractivity contribution < 1.29 is 13.9 Å². The van der Waals surface area contributed by atoms with Gasteiger partial charge in [0.1, 0.15) is 12.4 Å². The van der Waals surface area contributed by atoms with E-state index in [1.54, 1.807) is 24.3 Å². The summed E-state index contributed by atoms with van der Waals surface area (Å²) in [4.78, 5) is 11.7. The molecular formula is C14H9Cl2FO2. The van der Waals surface area contributed by atoms with Gasteiger partial charge in [-0.05, 0) is 35.9 Å². The highest BCUT2D eigenvalue weighted by atomic mass is 35.5. The second-order valence-corrected chi connectivity index (χ2v) is 4.70. The Labute approximate surface area is 119 Å². The SMILES string of the molecule is O=C(OCc1cccc(Cl)c1)c1cc(Cl)ccc1F. The van der Waals surface area contributed by atoms with Crippen LogP contribution < -0.4 is 0 Å². The fraction of sp³-hybridized carbons (Fsp3) is 0.0714. The predicted molar refractivity (Wildman–Crippen MR) is 72.0 cm³/mol. The summed E-state index contributed by atoms with van der Waals surface area (Å²) in [5.74, 6) is -1.43. The van der Waals surface area contributed by atoms with Gasteiger partial charge in [0.25, 0.3) is 0 Å². The monoisotopic (exact) mass is 298 g/mol. The molecule has 0 bridgehead atoms. The van der Waals surface area contributed by atoms with E-state index in [0.717, 1.165) is 11.6 Å². The van der Waals surface area contributed by atoms with E-state index in [1.165, 1.54) is 12.1 Å². The van der Waals surface area contributed by atoms with Crippen LogP contribution >= 0.6 is 23.2 Å². The van der Waals surface area contributed by atoms with Crippen molar-refractivity contribution in [3.8, 4) is 0 Å². The topological polar surface area (TPSA) is 26.3 Å². The molecule has 2 rings (SSSR count). The minimum absolute atomic E-state index is 0.0192. The highest BCUT2D eigenvalue weighted by Crippen LogP contribution is 2.17. The number of carbonyl (C=O) groups excluding carboxylic acids is 1. The summed E-state index contributed by atoms with van der Waals surface area (Å²) in [6, 6.07) is 10.6. The maximum atomic E-state index is 13.4. The normalized spacial score (nSPS) is 10.3. The molecule has 2 nitrogen and oxygen atoms in total. The maximum absolute atomic E-state index is 13.4. The second kappa shape index (κ2) is 6.04. The van der Waals surface area contributed by atoms with Gasteiger partial charge in [-0.1, -0.05) is 35.3 Å². The Morgan fingerprint density at radius 3 is 2.58 bits per heavy atom. The molecule has 2 aromatic carbocycles. The highest BCUT2D eigenvalue weighted by molar-refractivity contribution is 6.31. The Hall–Kier alpha value is -1.58. The lowest BCUT2D eigenvalue weighted by Crippen LogP contribution is -2.07. The molecule has 0 N–H and O–H groups in total. The molecule has 0 aliphatic carbocycles. The molecule has 0 radical (unpaired) electrons. The quantitative estimate of drug-likeness (QED) is 0.781. The first-order valence-electron chi connectivity index (χ1n) is 5.43. The molecule has 19 heavy (non-hydrogen) atoms. The molecule has 0 aromatic heterocycles. The highest BCUT2D eigenvalue weighted by Gasteiger charge is 2.13. The van der Waals surface area contributed by atoms with Gasteiger partial charge in [0.2, 0.25) is 0 Å². The van der Waals surface area contributed by atoms with E-state index in [1.807, 2.05) is 0 Å². The summed E-state index contributed by atoms with van der Waals surface area (Å²) in [6.07, 6.45) is 0. The van der Waals surface area contributed by atoms with Crippen LogP contribution in [-0.2, 0) is 11.3 Å². The molecule has 0 saturated carbocycles. The Bertz CT molecular complexity index is 614. The zero-order chi connectivity index (χ0) is 13.8. The molecule has 0 spiro atoms. The summed E-state index contributed by atoms with van der Waals surface area (Å²) in [7, 11) is 0. The van der Waals surface area contributed by atoms with Gasteiger partial charge in [0.15, 0.2) is 0 Å². The molecule has 0 aliphatic heterocycles. The number of benzene rings is 2. The molecule has 0 unspecified atom stereocenters. The van der Waals surface area contributed by atoms with Gasteiger partial charge in [0.05, 0.1) is 5.56 Å². The predicted octanol–water partition coefficient (Wildman–Crippen LogP) is 4.49. The maximum Gasteiger partial charge on any atom is 0.341 e. The molecule has 0 amide bonds. The van der Waals surface area contributed by atoms with Crippen molar-refractivity contribution in [1.29, 1.82) is 0 Å². The van der Waals surface area contributed by atoms with Crippen LogP contribution in [-0.4, -0.2) is 5.97 Å². The minimum Gasteiger partial charge on any atom is -0.457 e. The molecule has 0 fully saturated rings. The Morgan fingerprint density at radius 1 is 1.11 bits per heavy atom.